The number of aryl methyl sites for hydroxylation is 2. The topological polar surface area (TPSA) is 82.7 Å². The average Bonchev–Trinajstić information content (AvgIpc) is 2.76. The van der Waals surface area contributed by atoms with Crippen molar-refractivity contribution in [3.63, 3.8) is 0 Å². The molecule has 1 atom stereocenters. The van der Waals surface area contributed by atoms with Crippen molar-refractivity contribution >= 4 is 40.7 Å². The SMILES string of the molecule is CCN1C(=S)N[C@@H](c2ccc(NC(=O)Nc3c(C)cccc3C)cc2)C(C(=O)OC(C)C)=C1C. The van der Waals surface area contributed by atoms with Gasteiger partial charge in [0.2, 0.25) is 0 Å². The Morgan fingerprint density at radius 1 is 1.06 bits per heavy atom. The zero-order chi connectivity index (χ0) is 25.0. The lowest BCUT2D eigenvalue weighted by molar-refractivity contribution is -0.143. The molecule has 1 aliphatic heterocycles. The first-order valence-electron chi connectivity index (χ1n) is 11.4. The molecule has 8 heteroatoms. The summed E-state index contributed by atoms with van der Waals surface area (Å²) in [6.45, 7) is 12.1. The van der Waals surface area contributed by atoms with E-state index < -0.39 is 6.04 Å². The third kappa shape index (κ3) is 5.56. The van der Waals surface area contributed by atoms with Gasteiger partial charge in [-0.2, -0.15) is 0 Å². The number of ether oxygens (including phenoxy) is 1. The summed E-state index contributed by atoms with van der Waals surface area (Å²) in [7, 11) is 0. The summed E-state index contributed by atoms with van der Waals surface area (Å²) in [6, 6.07) is 12.4. The van der Waals surface area contributed by atoms with Gasteiger partial charge in [-0.15, -0.1) is 0 Å². The Kier molecular flexibility index (Phi) is 7.94. The van der Waals surface area contributed by atoms with Gasteiger partial charge < -0.3 is 25.6 Å². The Bertz CT molecular complexity index is 1110. The van der Waals surface area contributed by atoms with Gasteiger partial charge in [-0.25, -0.2) is 9.59 Å². The van der Waals surface area contributed by atoms with Crippen molar-refractivity contribution < 1.29 is 14.3 Å². The highest BCUT2D eigenvalue weighted by Crippen LogP contribution is 2.32. The maximum Gasteiger partial charge on any atom is 0.338 e. The minimum absolute atomic E-state index is 0.237. The number of carbonyl (C=O) groups excluding carboxylic acids is 2. The van der Waals surface area contributed by atoms with Crippen molar-refractivity contribution in [1.82, 2.24) is 10.2 Å². The van der Waals surface area contributed by atoms with Gasteiger partial charge >= 0.3 is 12.0 Å². The van der Waals surface area contributed by atoms with Crippen LogP contribution in [0.3, 0.4) is 0 Å². The molecule has 0 aromatic heterocycles. The van der Waals surface area contributed by atoms with E-state index in [1.54, 1.807) is 12.1 Å². The zero-order valence-corrected chi connectivity index (χ0v) is 21.3. The summed E-state index contributed by atoms with van der Waals surface area (Å²) >= 11 is 5.54. The van der Waals surface area contributed by atoms with E-state index in [1.165, 1.54) is 0 Å². The molecule has 7 nitrogen and oxygen atoms in total. The molecule has 2 amide bonds. The van der Waals surface area contributed by atoms with Gasteiger partial charge in [0.25, 0.3) is 0 Å². The molecule has 3 rings (SSSR count). The smallest absolute Gasteiger partial charge is 0.338 e. The van der Waals surface area contributed by atoms with Crippen LogP contribution in [0.2, 0.25) is 0 Å². The number of rotatable bonds is 6. The van der Waals surface area contributed by atoms with Crippen LogP contribution < -0.4 is 16.0 Å². The number of amides is 2. The van der Waals surface area contributed by atoms with E-state index in [0.717, 1.165) is 28.1 Å². The largest absolute Gasteiger partial charge is 0.459 e. The number of urea groups is 1. The van der Waals surface area contributed by atoms with E-state index in [1.807, 2.05) is 76.8 Å². The van der Waals surface area contributed by atoms with Crippen LogP contribution in [0.1, 0.15) is 50.4 Å². The van der Waals surface area contributed by atoms with Crippen LogP contribution in [0.4, 0.5) is 16.2 Å². The fraction of sp³-hybridized carbons (Fsp3) is 0.346. The summed E-state index contributed by atoms with van der Waals surface area (Å²) in [5.41, 5.74) is 5.56. The standard InChI is InChI=1S/C26H32N4O3S/c1-7-30-18(6)21(24(31)33-15(2)3)23(29-26(30)34)19-11-13-20(14-12-19)27-25(32)28-22-16(4)9-8-10-17(22)5/h8-15,23H,7H2,1-6H3,(H,29,34)(H2,27,28,32)/t23-/m0/s1. The van der Waals surface area contributed by atoms with Crippen LogP contribution >= 0.6 is 12.2 Å². The number of esters is 1. The quantitative estimate of drug-likeness (QED) is 0.378. The van der Waals surface area contributed by atoms with E-state index in [-0.39, 0.29) is 18.1 Å². The van der Waals surface area contributed by atoms with Gasteiger partial charge in [-0.1, -0.05) is 30.3 Å². The number of anilines is 2. The molecule has 0 aliphatic carbocycles. The summed E-state index contributed by atoms with van der Waals surface area (Å²) < 4.78 is 5.52. The molecular weight excluding hydrogens is 448 g/mol. The van der Waals surface area contributed by atoms with Crippen LogP contribution in [0.15, 0.2) is 53.7 Å². The first-order chi connectivity index (χ1) is 16.1. The molecule has 1 aliphatic rings. The number of hydrogen-bond acceptors (Lipinski definition) is 4. The fourth-order valence-corrected chi connectivity index (χ4v) is 4.38. The molecule has 34 heavy (non-hydrogen) atoms. The number of benzene rings is 2. The van der Waals surface area contributed by atoms with Crippen LogP contribution in [-0.4, -0.2) is 34.7 Å². The maximum absolute atomic E-state index is 13.0. The molecule has 0 saturated carbocycles. The highest BCUT2D eigenvalue weighted by molar-refractivity contribution is 7.80. The van der Waals surface area contributed by atoms with Crippen molar-refractivity contribution in [2.75, 3.05) is 17.2 Å². The molecule has 3 N–H and O–H groups in total. The molecule has 0 saturated heterocycles. The summed E-state index contributed by atoms with van der Waals surface area (Å²) in [6.07, 6.45) is -0.237. The van der Waals surface area contributed by atoms with Gasteiger partial charge in [0.1, 0.15) is 0 Å². The maximum atomic E-state index is 13.0. The first kappa shape index (κ1) is 25.2. The van der Waals surface area contributed by atoms with E-state index in [9.17, 15) is 9.59 Å². The van der Waals surface area contributed by atoms with Gasteiger partial charge in [0.15, 0.2) is 5.11 Å². The lowest BCUT2D eigenvalue weighted by Gasteiger charge is -2.37. The van der Waals surface area contributed by atoms with Crippen LogP contribution in [0.25, 0.3) is 0 Å². The normalized spacial score (nSPS) is 15.8. The van der Waals surface area contributed by atoms with Crippen LogP contribution in [0.5, 0.6) is 0 Å². The van der Waals surface area contributed by atoms with Crippen molar-refractivity contribution in [3.05, 3.63) is 70.4 Å². The lowest BCUT2D eigenvalue weighted by Crippen LogP contribution is -2.47. The molecule has 0 bridgehead atoms. The molecule has 0 spiro atoms. The van der Waals surface area contributed by atoms with Gasteiger partial charge in [-0.3, -0.25) is 0 Å². The number of nitrogens with zero attached hydrogens (tertiary/aromatic N) is 1. The Labute approximate surface area is 206 Å². The molecule has 0 unspecified atom stereocenters. The number of nitrogens with one attached hydrogen (secondary N) is 3. The molecular formula is C26H32N4O3S. The molecule has 180 valence electrons. The van der Waals surface area contributed by atoms with Crippen molar-refractivity contribution in [1.29, 1.82) is 0 Å². The third-order valence-electron chi connectivity index (χ3n) is 5.70. The lowest BCUT2D eigenvalue weighted by atomic mass is 9.94. The predicted molar refractivity (Wildman–Crippen MR) is 140 cm³/mol. The molecule has 0 fully saturated rings. The summed E-state index contributed by atoms with van der Waals surface area (Å²) in [5.74, 6) is -0.374. The predicted octanol–water partition coefficient (Wildman–Crippen LogP) is 5.42. The Balaban J connectivity index is 1.81. The minimum Gasteiger partial charge on any atom is -0.459 e. The minimum atomic E-state index is -0.445. The fourth-order valence-electron chi connectivity index (χ4n) is 4.00. The first-order valence-corrected chi connectivity index (χ1v) is 11.8. The second-order valence-electron chi connectivity index (χ2n) is 8.55. The number of hydrogen-bond donors (Lipinski definition) is 3. The molecule has 2 aromatic rings. The van der Waals surface area contributed by atoms with Crippen molar-refractivity contribution in [2.45, 2.75) is 53.7 Å². The molecule has 1 heterocycles. The Morgan fingerprint density at radius 3 is 2.24 bits per heavy atom. The van der Waals surface area contributed by atoms with E-state index in [0.29, 0.717) is 22.9 Å². The number of allylic oxidation sites excluding steroid dienone is 1. The van der Waals surface area contributed by atoms with E-state index in [2.05, 4.69) is 16.0 Å². The van der Waals surface area contributed by atoms with Gasteiger partial charge in [-0.05, 0) is 82.6 Å². The average molecular weight is 481 g/mol. The van der Waals surface area contributed by atoms with Crippen LogP contribution in [-0.2, 0) is 9.53 Å². The number of thiocarbonyl (C=S) groups is 1. The highest BCUT2D eigenvalue weighted by Gasteiger charge is 2.34. The second-order valence-corrected chi connectivity index (χ2v) is 8.93. The van der Waals surface area contributed by atoms with Crippen LogP contribution in [0, 0.1) is 13.8 Å². The number of para-hydroxylation sites is 1. The van der Waals surface area contributed by atoms with Gasteiger partial charge in [0.05, 0.1) is 17.7 Å². The van der Waals surface area contributed by atoms with E-state index >= 15 is 0 Å². The van der Waals surface area contributed by atoms with Crippen molar-refractivity contribution in [3.8, 4) is 0 Å². The molecule has 2 aromatic carbocycles. The summed E-state index contributed by atoms with van der Waals surface area (Å²) in [5, 5.41) is 9.60. The monoisotopic (exact) mass is 480 g/mol. The van der Waals surface area contributed by atoms with Crippen molar-refractivity contribution in [2.24, 2.45) is 0 Å². The molecule has 0 radical (unpaired) electrons. The van der Waals surface area contributed by atoms with E-state index in [4.69, 9.17) is 17.0 Å². The second kappa shape index (κ2) is 10.7. The van der Waals surface area contributed by atoms with Gasteiger partial charge in [0, 0.05) is 23.6 Å². The Hall–Kier alpha value is -3.39. The third-order valence-corrected chi connectivity index (χ3v) is 6.03. The number of carbonyl (C=O) groups is 2. The zero-order valence-electron chi connectivity index (χ0n) is 20.5. The summed E-state index contributed by atoms with van der Waals surface area (Å²) in [4.78, 5) is 27.4. The Morgan fingerprint density at radius 2 is 1.68 bits per heavy atom. The highest BCUT2D eigenvalue weighted by atomic mass is 32.1.